The van der Waals surface area contributed by atoms with E-state index in [1.54, 1.807) is 6.20 Å². The smallest absolute Gasteiger partial charge is 0.304 e. The van der Waals surface area contributed by atoms with Crippen LogP contribution in [0.15, 0.2) is 12.3 Å². The van der Waals surface area contributed by atoms with Crippen LogP contribution in [-0.4, -0.2) is 20.9 Å². The zero-order chi connectivity index (χ0) is 12.5. The zero-order valence-electron chi connectivity index (χ0n) is 10.5. The highest BCUT2D eigenvalue weighted by molar-refractivity contribution is 5.69. The Bertz CT molecular complexity index is 405. The fourth-order valence-electron chi connectivity index (χ4n) is 2.69. The number of hydrogen-bond donors (Lipinski definition) is 1. The molecule has 1 fully saturated rings. The van der Waals surface area contributed by atoms with Crippen LogP contribution in [0.25, 0.3) is 0 Å². The van der Waals surface area contributed by atoms with Gasteiger partial charge < -0.3 is 5.11 Å². The highest BCUT2D eigenvalue weighted by Gasteiger charge is 2.42. The summed E-state index contributed by atoms with van der Waals surface area (Å²) >= 11 is 0. The predicted octanol–water partition coefficient (Wildman–Crippen LogP) is 2.44. The van der Waals surface area contributed by atoms with E-state index in [2.05, 4.69) is 18.9 Å². The summed E-state index contributed by atoms with van der Waals surface area (Å²) in [6.45, 7) is 5.16. The first-order chi connectivity index (χ1) is 8.03. The van der Waals surface area contributed by atoms with Gasteiger partial charge in [0.15, 0.2) is 0 Å². The lowest BCUT2D eigenvalue weighted by atomic mass is 9.64. The van der Waals surface area contributed by atoms with Crippen LogP contribution in [0.1, 0.15) is 45.2 Å². The van der Waals surface area contributed by atoms with Crippen LogP contribution in [0.3, 0.4) is 0 Å². The summed E-state index contributed by atoms with van der Waals surface area (Å²) in [6, 6.07) is 1.99. The van der Waals surface area contributed by atoms with Crippen molar-refractivity contribution < 1.29 is 9.90 Å². The molecule has 1 aromatic rings. The Labute approximate surface area is 102 Å². The Hall–Kier alpha value is -1.32. The molecular formula is C13H20N2O2. The largest absolute Gasteiger partial charge is 0.481 e. The minimum absolute atomic E-state index is 0.156. The van der Waals surface area contributed by atoms with Crippen LogP contribution in [0.4, 0.5) is 0 Å². The van der Waals surface area contributed by atoms with Gasteiger partial charge in [-0.25, -0.2) is 0 Å². The van der Waals surface area contributed by atoms with Crippen molar-refractivity contribution in [3.05, 3.63) is 18.0 Å². The second-order valence-electron chi connectivity index (χ2n) is 5.50. The molecule has 2 rings (SSSR count). The number of carboxylic acid groups (broad SMARTS) is 1. The van der Waals surface area contributed by atoms with Crippen molar-refractivity contribution in [1.82, 2.24) is 9.78 Å². The third-order valence-electron chi connectivity index (χ3n) is 3.60. The van der Waals surface area contributed by atoms with Crippen molar-refractivity contribution in [2.45, 2.75) is 51.5 Å². The van der Waals surface area contributed by atoms with E-state index in [0.29, 0.717) is 5.92 Å². The van der Waals surface area contributed by atoms with Crippen LogP contribution in [-0.2, 0) is 16.8 Å². The number of carboxylic acids is 1. The molecule has 0 amide bonds. The third-order valence-corrected chi connectivity index (χ3v) is 3.60. The van der Waals surface area contributed by atoms with Gasteiger partial charge in [0.1, 0.15) is 0 Å². The van der Waals surface area contributed by atoms with E-state index in [9.17, 15) is 4.79 Å². The summed E-state index contributed by atoms with van der Waals surface area (Å²) in [4.78, 5) is 11.0. The minimum atomic E-state index is -0.706. The van der Waals surface area contributed by atoms with Crippen molar-refractivity contribution in [1.29, 1.82) is 0 Å². The van der Waals surface area contributed by atoms with Gasteiger partial charge in [-0.1, -0.05) is 20.3 Å². The van der Waals surface area contributed by atoms with Crippen LogP contribution in [0, 0.1) is 5.92 Å². The lowest BCUT2D eigenvalue weighted by molar-refractivity contribution is -0.139. The molecule has 1 heterocycles. The average Bonchev–Trinajstić information content (AvgIpc) is 2.58. The van der Waals surface area contributed by atoms with E-state index >= 15 is 0 Å². The molecule has 1 N–H and O–H groups in total. The standard InChI is InChI=1S/C13H20N2O2/c1-10(2)9-15-11(4-7-14-15)13(5-3-6-13)8-12(16)17/h4,7,10H,3,5-6,8-9H2,1-2H3,(H,16,17). The predicted molar refractivity (Wildman–Crippen MR) is 64.8 cm³/mol. The Morgan fingerprint density at radius 1 is 1.59 bits per heavy atom. The van der Waals surface area contributed by atoms with Gasteiger partial charge in [0.25, 0.3) is 0 Å². The number of rotatable bonds is 5. The minimum Gasteiger partial charge on any atom is -0.481 e. The summed E-state index contributed by atoms with van der Waals surface area (Å²) in [7, 11) is 0. The lowest BCUT2D eigenvalue weighted by Crippen LogP contribution is -2.39. The topological polar surface area (TPSA) is 55.1 Å². The molecular weight excluding hydrogens is 216 g/mol. The Balaban J connectivity index is 2.25. The maximum atomic E-state index is 11.0. The highest BCUT2D eigenvalue weighted by atomic mass is 16.4. The first-order valence-electron chi connectivity index (χ1n) is 6.27. The molecule has 0 atom stereocenters. The number of hydrogen-bond acceptors (Lipinski definition) is 2. The molecule has 0 bridgehead atoms. The molecule has 17 heavy (non-hydrogen) atoms. The van der Waals surface area contributed by atoms with Gasteiger partial charge in [-0.05, 0) is 24.8 Å². The maximum absolute atomic E-state index is 11.0. The van der Waals surface area contributed by atoms with Crippen molar-refractivity contribution in [3.8, 4) is 0 Å². The summed E-state index contributed by atoms with van der Waals surface area (Å²) in [5.74, 6) is -0.183. The summed E-state index contributed by atoms with van der Waals surface area (Å²) in [6.07, 6.45) is 5.10. The monoisotopic (exact) mass is 236 g/mol. The van der Waals surface area contributed by atoms with Gasteiger partial charge in [0.05, 0.1) is 6.42 Å². The molecule has 1 saturated carbocycles. The molecule has 0 saturated heterocycles. The Morgan fingerprint density at radius 3 is 2.76 bits per heavy atom. The molecule has 1 aliphatic carbocycles. The van der Waals surface area contributed by atoms with Gasteiger partial charge in [-0.15, -0.1) is 0 Å². The summed E-state index contributed by atoms with van der Waals surface area (Å²) in [5.41, 5.74) is 0.955. The van der Waals surface area contributed by atoms with E-state index < -0.39 is 5.97 Å². The first kappa shape index (κ1) is 12.1. The molecule has 0 unspecified atom stereocenters. The Kier molecular flexibility index (Phi) is 3.22. The van der Waals surface area contributed by atoms with E-state index in [-0.39, 0.29) is 11.8 Å². The van der Waals surface area contributed by atoms with E-state index in [1.165, 1.54) is 0 Å². The second kappa shape index (κ2) is 4.51. The van der Waals surface area contributed by atoms with E-state index in [0.717, 1.165) is 31.5 Å². The van der Waals surface area contributed by atoms with E-state index in [1.807, 2.05) is 10.7 Å². The molecule has 1 aromatic heterocycles. The van der Waals surface area contributed by atoms with Crippen molar-refractivity contribution in [2.24, 2.45) is 5.92 Å². The average molecular weight is 236 g/mol. The lowest BCUT2D eigenvalue weighted by Gasteiger charge is -2.41. The molecule has 0 aliphatic heterocycles. The summed E-state index contributed by atoms with van der Waals surface area (Å²) < 4.78 is 1.99. The van der Waals surface area contributed by atoms with Crippen LogP contribution in [0.5, 0.6) is 0 Å². The van der Waals surface area contributed by atoms with Crippen molar-refractivity contribution in [3.63, 3.8) is 0 Å². The summed E-state index contributed by atoms with van der Waals surface area (Å²) in [5, 5.41) is 13.4. The zero-order valence-corrected chi connectivity index (χ0v) is 10.5. The quantitative estimate of drug-likeness (QED) is 0.854. The molecule has 4 nitrogen and oxygen atoms in total. The van der Waals surface area contributed by atoms with Crippen LogP contribution in [0.2, 0.25) is 0 Å². The molecule has 0 spiro atoms. The normalized spacial score (nSPS) is 18.1. The van der Waals surface area contributed by atoms with Gasteiger partial charge in [0, 0.05) is 23.9 Å². The van der Waals surface area contributed by atoms with Gasteiger partial charge >= 0.3 is 5.97 Å². The van der Waals surface area contributed by atoms with Gasteiger partial charge in [0.2, 0.25) is 0 Å². The van der Waals surface area contributed by atoms with E-state index in [4.69, 9.17) is 5.11 Å². The Morgan fingerprint density at radius 2 is 2.29 bits per heavy atom. The first-order valence-corrected chi connectivity index (χ1v) is 6.27. The molecule has 94 valence electrons. The number of aliphatic carboxylic acids is 1. The SMILES string of the molecule is CC(C)Cn1nccc1C1(CC(=O)O)CCC1. The molecule has 1 aliphatic rings. The number of nitrogens with zero attached hydrogens (tertiary/aromatic N) is 2. The number of aromatic nitrogens is 2. The highest BCUT2D eigenvalue weighted by Crippen LogP contribution is 2.46. The van der Waals surface area contributed by atoms with Crippen LogP contribution >= 0.6 is 0 Å². The molecule has 4 heteroatoms. The van der Waals surface area contributed by atoms with Gasteiger partial charge in [-0.2, -0.15) is 5.10 Å². The fraction of sp³-hybridized carbons (Fsp3) is 0.692. The van der Waals surface area contributed by atoms with Crippen LogP contribution < -0.4 is 0 Å². The fourth-order valence-corrected chi connectivity index (χ4v) is 2.69. The number of carbonyl (C=O) groups is 1. The van der Waals surface area contributed by atoms with Crippen molar-refractivity contribution in [2.75, 3.05) is 0 Å². The molecule has 0 radical (unpaired) electrons. The van der Waals surface area contributed by atoms with Crippen molar-refractivity contribution >= 4 is 5.97 Å². The maximum Gasteiger partial charge on any atom is 0.304 e. The third kappa shape index (κ3) is 2.35. The second-order valence-corrected chi connectivity index (χ2v) is 5.50. The molecule has 0 aromatic carbocycles. The van der Waals surface area contributed by atoms with Gasteiger partial charge in [-0.3, -0.25) is 9.48 Å².